The lowest BCUT2D eigenvalue weighted by molar-refractivity contribution is 0.255. The first-order valence-electron chi connectivity index (χ1n) is 6.76. The fraction of sp³-hybridized carbons (Fsp3) is 0.333. The summed E-state index contributed by atoms with van der Waals surface area (Å²) in [6, 6.07) is 9.45. The lowest BCUT2D eigenvalue weighted by Crippen LogP contribution is -2.36. The van der Waals surface area contributed by atoms with Crippen LogP contribution in [0.1, 0.15) is 25.5 Å². The molecule has 0 saturated heterocycles. The lowest BCUT2D eigenvalue weighted by atomic mass is 10.3. The van der Waals surface area contributed by atoms with Crippen LogP contribution in [0.4, 0.5) is 16.5 Å². The van der Waals surface area contributed by atoms with E-state index < -0.39 is 0 Å². The maximum Gasteiger partial charge on any atom is 0.329 e. The summed E-state index contributed by atoms with van der Waals surface area (Å²) in [7, 11) is 0. The van der Waals surface area contributed by atoms with Gasteiger partial charge in [-0.1, -0.05) is 31.5 Å². The summed E-state index contributed by atoms with van der Waals surface area (Å²) >= 11 is 0. The number of rotatable bonds is 5. The number of amides is 2. The Balaban J connectivity index is 2.11. The highest BCUT2D eigenvalue weighted by molar-refractivity contribution is 6.00. The van der Waals surface area contributed by atoms with E-state index in [1.807, 2.05) is 37.3 Å². The second kappa shape index (κ2) is 6.75. The SMILES string of the molecule is CCCCN(C(=O)Nc1ccccc1)c1nc(C)co1. The number of nitrogens with zero attached hydrogens (tertiary/aromatic N) is 2. The van der Waals surface area contributed by atoms with Gasteiger partial charge < -0.3 is 9.73 Å². The van der Waals surface area contributed by atoms with Gasteiger partial charge in [-0.3, -0.25) is 0 Å². The number of oxazole rings is 1. The van der Waals surface area contributed by atoms with Crippen molar-refractivity contribution in [2.45, 2.75) is 26.7 Å². The molecule has 1 aromatic carbocycles. The first kappa shape index (κ1) is 14.1. The van der Waals surface area contributed by atoms with E-state index in [4.69, 9.17) is 4.42 Å². The van der Waals surface area contributed by atoms with Gasteiger partial charge in [0.2, 0.25) is 0 Å². The molecule has 106 valence electrons. The van der Waals surface area contributed by atoms with Crippen LogP contribution in [0.25, 0.3) is 0 Å². The molecule has 0 aliphatic heterocycles. The van der Waals surface area contributed by atoms with Crippen LogP contribution in [0.5, 0.6) is 0 Å². The van der Waals surface area contributed by atoms with Crippen molar-refractivity contribution < 1.29 is 9.21 Å². The third kappa shape index (κ3) is 3.60. The van der Waals surface area contributed by atoms with Gasteiger partial charge in [0, 0.05) is 12.2 Å². The molecule has 5 heteroatoms. The quantitative estimate of drug-likeness (QED) is 0.900. The molecule has 0 fully saturated rings. The Morgan fingerprint density at radius 3 is 2.70 bits per heavy atom. The molecule has 0 aliphatic rings. The van der Waals surface area contributed by atoms with Crippen molar-refractivity contribution in [2.24, 2.45) is 0 Å². The Kier molecular flexibility index (Phi) is 4.76. The first-order valence-corrected chi connectivity index (χ1v) is 6.76. The van der Waals surface area contributed by atoms with Gasteiger partial charge >= 0.3 is 12.0 Å². The fourth-order valence-corrected chi connectivity index (χ4v) is 1.78. The van der Waals surface area contributed by atoms with Crippen LogP contribution < -0.4 is 10.2 Å². The van der Waals surface area contributed by atoms with Gasteiger partial charge in [0.05, 0.1) is 5.69 Å². The molecule has 0 spiro atoms. The molecule has 0 aliphatic carbocycles. The van der Waals surface area contributed by atoms with Gasteiger partial charge in [-0.05, 0) is 25.5 Å². The van der Waals surface area contributed by atoms with Gasteiger partial charge in [-0.2, -0.15) is 4.98 Å². The highest BCUT2D eigenvalue weighted by Gasteiger charge is 2.19. The molecule has 0 bridgehead atoms. The van der Waals surface area contributed by atoms with Crippen LogP contribution in [0, 0.1) is 6.92 Å². The lowest BCUT2D eigenvalue weighted by Gasteiger charge is -2.19. The van der Waals surface area contributed by atoms with Crippen LogP contribution in [0.3, 0.4) is 0 Å². The topological polar surface area (TPSA) is 58.4 Å². The average molecular weight is 273 g/mol. The van der Waals surface area contributed by atoms with E-state index in [0.29, 0.717) is 12.6 Å². The largest absolute Gasteiger partial charge is 0.431 e. The number of urea groups is 1. The molecule has 0 unspecified atom stereocenters. The summed E-state index contributed by atoms with van der Waals surface area (Å²) in [5, 5.41) is 2.85. The molecule has 5 nitrogen and oxygen atoms in total. The minimum atomic E-state index is -0.230. The van der Waals surface area contributed by atoms with E-state index in [1.54, 1.807) is 6.26 Å². The van der Waals surface area contributed by atoms with Gasteiger partial charge in [-0.15, -0.1) is 0 Å². The molecule has 2 rings (SSSR count). The molecular weight excluding hydrogens is 254 g/mol. The van der Waals surface area contributed by atoms with Crippen molar-refractivity contribution in [1.29, 1.82) is 0 Å². The molecule has 1 aromatic heterocycles. The number of para-hydroxylation sites is 1. The number of anilines is 2. The van der Waals surface area contributed by atoms with Crippen molar-refractivity contribution >= 4 is 17.7 Å². The summed E-state index contributed by atoms with van der Waals surface area (Å²) in [4.78, 5) is 18.1. The van der Waals surface area contributed by atoms with E-state index in [9.17, 15) is 4.79 Å². The Morgan fingerprint density at radius 2 is 2.10 bits per heavy atom. The number of benzene rings is 1. The number of aromatic nitrogens is 1. The summed E-state index contributed by atoms with van der Waals surface area (Å²) < 4.78 is 5.34. The molecule has 0 radical (unpaired) electrons. The van der Waals surface area contributed by atoms with E-state index in [1.165, 1.54) is 4.90 Å². The van der Waals surface area contributed by atoms with Crippen molar-refractivity contribution in [1.82, 2.24) is 4.98 Å². The van der Waals surface area contributed by atoms with E-state index in [0.717, 1.165) is 24.2 Å². The molecule has 0 saturated carbocycles. The van der Waals surface area contributed by atoms with Crippen LogP contribution >= 0.6 is 0 Å². The average Bonchev–Trinajstić information content (AvgIpc) is 2.87. The third-order valence-corrected chi connectivity index (χ3v) is 2.84. The monoisotopic (exact) mass is 273 g/mol. The van der Waals surface area contributed by atoms with Crippen molar-refractivity contribution in [3.8, 4) is 0 Å². The van der Waals surface area contributed by atoms with Crippen LogP contribution in [0.2, 0.25) is 0 Å². The minimum Gasteiger partial charge on any atom is -0.431 e. The summed E-state index contributed by atoms with van der Waals surface area (Å²) in [6.07, 6.45) is 3.43. The molecule has 2 amide bonds. The smallest absolute Gasteiger partial charge is 0.329 e. The molecule has 0 atom stereocenters. The van der Waals surface area contributed by atoms with Crippen molar-refractivity contribution in [2.75, 3.05) is 16.8 Å². The van der Waals surface area contributed by atoms with Gasteiger partial charge in [-0.25, -0.2) is 9.69 Å². The summed E-state index contributed by atoms with van der Waals surface area (Å²) in [5.41, 5.74) is 1.51. The molecule has 20 heavy (non-hydrogen) atoms. The summed E-state index contributed by atoms with van der Waals surface area (Å²) in [5.74, 6) is 0. The molecule has 1 heterocycles. The van der Waals surface area contributed by atoms with Crippen LogP contribution in [0.15, 0.2) is 41.0 Å². The molecular formula is C15H19N3O2. The number of hydrogen-bond donors (Lipinski definition) is 1. The Bertz CT molecular complexity index is 551. The van der Waals surface area contributed by atoms with E-state index in [2.05, 4.69) is 17.2 Å². The van der Waals surface area contributed by atoms with E-state index >= 15 is 0 Å². The highest BCUT2D eigenvalue weighted by Crippen LogP contribution is 2.16. The number of unbranched alkanes of at least 4 members (excludes halogenated alkanes) is 1. The van der Waals surface area contributed by atoms with Crippen molar-refractivity contribution in [3.63, 3.8) is 0 Å². The number of nitrogens with one attached hydrogen (secondary N) is 1. The first-order chi connectivity index (χ1) is 9.70. The van der Waals surface area contributed by atoms with Gasteiger partial charge in [0.15, 0.2) is 0 Å². The Hall–Kier alpha value is -2.30. The fourth-order valence-electron chi connectivity index (χ4n) is 1.78. The highest BCUT2D eigenvalue weighted by atomic mass is 16.4. The van der Waals surface area contributed by atoms with E-state index in [-0.39, 0.29) is 6.03 Å². The zero-order chi connectivity index (χ0) is 14.4. The van der Waals surface area contributed by atoms with Gasteiger partial charge in [0.25, 0.3) is 0 Å². The third-order valence-electron chi connectivity index (χ3n) is 2.84. The number of aryl methyl sites for hydroxylation is 1. The maximum atomic E-state index is 12.3. The zero-order valence-corrected chi connectivity index (χ0v) is 11.8. The second-order valence-electron chi connectivity index (χ2n) is 4.57. The summed E-state index contributed by atoms with van der Waals surface area (Å²) in [6.45, 7) is 4.49. The minimum absolute atomic E-state index is 0.230. The number of hydrogen-bond acceptors (Lipinski definition) is 3. The van der Waals surface area contributed by atoms with Gasteiger partial charge in [0.1, 0.15) is 6.26 Å². The van der Waals surface area contributed by atoms with Crippen molar-refractivity contribution in [3.05, 3.63) is 42.3 Å². The second-order valence-corrected chi connectivity index (χ2v) is 4.57. The standard InChI is InChI=1S/C15H19N3O2/c1-3-4-10-18(15-16-12(2)11-20-15)14(19)17-13-8-6-5-7-9-13/h5-9,11H,3-4,10H2,1-2H3,(H,17,19). The molecule has 2 aromatic rings. The zero-order valence-electron chi connectivity index (χ0n) is 11.8. The maximum absolute atomic E-state index is 12.3. The molecule has 1 N–H and O–H groups in total. The Morgan fingerprint density at radius 1 is 1.35 bits per heavy atom. The van der Waals surface area contributed by atoms with Crippen LogP contribution in [-0.2, 0) is 0 Å². The normalized spacial score (nSPS) is 10.3. The Labute approximate surface area is 118 Å². The van der Waals surface area contributed by atoms with Crippen LogP contribution in [-0.4, -0.2) is 17.6 Å². The number of carbonyl (C=O) groups excluding carboxylic acids is 1. The predicted molar refractivity (Wildman–Crippen MR) is 79.0 cm³/mol. The number of carbonyl (C=O) groups is 1. The predicted octanol–water partition coefficient (Wildman–Crippen LogP) is 3.82.